The molecule has 0 radical (unpaired) electrons. The highest BCUT2D eigenvalue weighted by molar-refractivity contribution is 5.81. The molecular formula is C26H44O4. The number of hydrogen-bond donors (Lipinski definition) is 0. The van der Waals surface area contributed by atoms with E-state index in [2.05, 4.69) is 41.5 Å². The van der Waals surface area contributed by atoms with Crippen LogP contribution in [0.1, 0.15) is 106 Å². The summed E-state index contributed by atoms with van der Waals surface area (Å²) in [4.78, 5) is 23.7. The Bertz CT molecular complexity index is 610. The third-order valence-electron chi connectivity index (χ3n) is 7.81. The van der Waals surface area contributed by atoms with E-state index in [0.717, 1.165) is 32.1 Å². The third-order valence-corrected chi connectivity index (χ3v) is 7.81. The van der Waals surface area contributed by atoms with Gasteiger partial charge in [0.2, 0.25) is 0 Å². The van der Waals surface area contributed by atoms with E-state index in [1.807, 2.05) is 6.08 Å². The molecule has 2 rings (SSSR count). The molecule has 2 saturated carbocycles. The topological polar surface area (TPSA) is 52.6 Å². The van der Waals surface area contributed by atoms with Crippen LogP contribution in [0, 0.1) is 21.7 Å². The Morgan fingerprint density at radius 1 is 0.800 bits per heavy atom. The van der Waals surface area contributed by atoms with E-state index < -0.39 is 0 Å². The summed E-state index contributed by atoms with van der Waals surface area (Å²) in [5.74, 6) is -0.358. The van der Waals surface area contributed by atoms with Gasteiger partial charge in [0.05, 0.1) is 13.2 Å². The Morgan fingerprint density at radius 3 is 1.77 bits per heavy atom. The maximum atomic E-state index is 11.9. The second kappa shape index (κ2) is 9.87. The SMILES string of the molecule is CC(C)(C)C1(CCOC(=O)/C=C\CCCCC(=O)OCCC2(C(C)(C)C)CC2)CC1. The molecule has 172 valence electrons. The lowest BCUT2D eigenvalue weighted by atomic mass is 9.76. The molecule has 0 spiro atoms. The van der Waals surface area contributed by atoms with Crippen LogP contribution < -0.4 is 0 Å². The second-order valence-electron chi connectivity index (χ2n) is 11.6. The van der Waals surface area contributed by atoms with Gasteiger partial charge in [0.25, 0.3) is 0 Å². The van der Waals surface area contributed by atoms with Crippen molar-refractivity contribution >= 4 is 11.9 Å². The van der Waals surface area contributed by atoms with Crippen LogP contribution in [-0.4, -0.2) is 25.2 Å². The number of carbonyl (C=O) groups excluding carboxylic acids is 2. The summed E-state index contributed by atoms with van der Waals surface area (Å²) in [5, 5.41) is 0. The third kappa shape index (κ3) is 7.13. The zero-order valence-electron chi connectivity index (χ0n) is 20.3. The van der Waals surface area contributed by atoms with E-state index >= 15 is 0 Å². The van der Waals surface area contributed by atoms with Crippen LogP contribution in [0.15, 0.2) is 12.2 Å². The summed E-state index contributed by atoms with van der Waals surface area (Å²) in [6.07, 6.45) is 13.2. The van der Waals surface area contributed by atoms with Gasteiger partial charge in [-0.25, -0.2) is 4.79 Å². The van der Waals surface area contributed by atoms with Crippen molar-refractivity contribution in [3.63, 3.8) is 0 Å². The van der Waals surface area contributed by atoms with E-state index in [4.69, 9.17) is 9.47 Å². The molecule has 0 N–H and O–H groups in total. The largest absolute Gasteiger partial charge is 0.466 e. The number of esters is 2. The van der Waals surface area contributed by atoms with Crippen molar-refractivity contribution in [3.05, 3.63) is 12.2 Å². The fraction of sp³-hybridized carbons (Fsp3) is 0.846. The predicted octanol–water partition coefficient (Wildman–Crippen LogP) is 6.62. The first kappa shape index (κ1) is 24.9. The maximum Gasteiger partial charge on any atom is 0.330 e. The van der Waals surface area contributed by atoms with Gasteiger partial charge in [-0.15, -0.1) is 0 Å². The first-order valence-corrected chi connectivity index (χ1v) is 11.9. The van der Waals surface area contributed by atoms with Crippen LogP contribution in [0.4, 0.5) is 0 Å². The monoisotopic (exact) mass is 420 g/mol. The minimum absolute atomic E-state index is 0.101. The average Bonchev–Trinajstić information content (AvgIpc) is 3.51. The molecule has 4 heteroatoms. The van der Waals surface area contributed by atoms with Gasteiger partial charge < -0.3 is 9.47 Å². The van der Waals surface area contributed by atoms with Crippen LogP contribution in [0.5, 0.6) is 0 Å². The number of allylic oxidation sites excluding steroid dienone is 1. The van der Waals surface area contributed by atoms with Crippen molar-refractivity contribution in [1.29, 1.82) is 0 Å². The zero-order chi connectivity index (χ0) is 22.5. The molecule has 0 unspecified atom stereocenters. The van der Waals surface area contributed by atoms with E-state index in [1.165, 1.54) is 31.8 Å². The van der Waals surface area contributed by atoms with E-state index in [1.54, 1.807) is 0 Å². The molecule has 0 aromatic rings. The Hall–Kier alpha value is -1.32. The molecule has 2 aliphatic rings. The highest BCUT2D eigenvalue weighted by Gasteiger charge is 2.51. The molecule has 0 atom stereocenters. The van der Waals surface area contributed by atoms with Crippen LogP contribution in [0.3, 0.4) is 0 Å². The Labute approximate surface area is 184 Å². The molecule has 0 saturated heterocycles. The molecule has 0 heterocycles. The van der Waals surface area contributed by atoms with Gasteiger partial charge in [0, 0.05) is 12.5 Å². The van der Waals surface area contributed by atoms with Crippen molar-refractivity contribution in [2.75, 3.05) is 13.2 Å². The van der Waals surface area contributed by atoms with Crippen molar-refractivity contribution in [2.45, 2.75) is 106 Å². The number of carbonyl (C=O) groups is 2. The standard InChI is InChI=1S/C26H44O4/c1-23(2,3)25(13-14-25)17-19-29-21(27)11-9-7-8-10-12-22(28)30-20-18-26(15-16-26)24(4,5)6/h9,11H,7-8,10,12-20H2,1-6H3/b11-9-. The van der Waals surface area contributed by atoms with Crippen molar-refractivity contribution in [1.82, 2.24) is 0 Å². The van der Waals surface area contributed by atoms with Crippen molar-refractivity contribution < 1.29 is 19.1 Å². The van der Waals surface area contributed by atoms with Gasteiger partial charge >= 0.3 is 11.9 Å². The van der Waals surface area contributed by atoms with Crippen molar-refractivity contribution in [2.24, 2.45) is 21.7 Å². The first-order valence-electron chi connectivity index (χ1n) is 11.9. The lowest BCUT2D eigenvalue weighted by Gasteiger charge is -2.30. The normalized spacial score (nSPS) is 19.5. The number of ether oxygens (including phenoxy) is 2. The van der Waals surface area contributed by atoms with Crippen LogP contribution in [0.2, 0.25) is 0 Å². The maximum absolute atomic E-state index is 11.9. The number of unbranched alkanes of at least 4 members (excludes halogenated alkanes) is 2. The zero-order valence-corrected chi connectivity index (χ0v) is 20.3. The van der Waals surface area contributed by atoms with E-state index in [0.29, 0.717) is 35.9 Å². The average molecular weight is 421 g/mol. The van der Waals surface area contributed by atoms with Gasteiger partial charge in [0.1, 0.15) is 0 Å². The summed E-state index contributed by atoms with van der Waals surface area (Å²) in [6.45, 7) is 14.7. The van der Waals surface area contributed by atoms with Gasteiger partial charge in [-0.1, -0.05) is 47.6 Å². The van der Waals surface area contributed by atoms with Crippen molar-refractivity contribution in [3.8, 4) is 0 Å². The lowest BCUT2D eigenvalue weighted by molar-refractivity contribution is -0.144. The molecule has 30 heavy (non-hydrogen) atoms. The van der Waals surface area contributed by atoms with E-state index in [-0.39, 0.29) is 17.4 Å². The number of hydrogen-bond acceptors (Lipinski definition) is 4. The fourth-order valence-electron chi connectivity index (χ4n) is 4.59. The molecular weight excluding hydrogens is 376 g/mol. The molecule has 0 bridgehead atoms. The Morgan fingerprint density at radius 2 is 1.30 bits per heavy atom. The van der Waals surface area contributed by atoms with Crippen LogP contribution >= 0.6 is 0 Å². The molecule has 0 aromatic carbocycles. The molecule has 0 aliphatic heterocycles. The molecule has 2 fully saturated rings. The second-order valence-corrected chi connectivity index (χ2v) is 11.6. The molecule has 0 aromatic heterocycles. The smallest absolute Gasteiger partial charge is 0.330 e. The molecule has 2 aliphatic carbocycles. The van der Waals surface area contributed by atoms with Gasteiger partial charge in [0.15, 0.2) is 0 Å². The Balaban J connectivity index is 1.47. The minimum Gasteiger partial charge on any atom is -0.466 e. The summed E-state index contributed by atoms with van der Waals surface area (Å²) < 4.78 is 10.8. The van der Waals surface area contributed by atoms with Gasteiger partial charge in [-0.3, -0.25) is 4.79 Å². The van der Waals surface area contributed by atoms with E-state index in [9.17, 15) is 9.59 Å². The summed E-state index contributed by atoms with van der Waals surface area (Å²) in [7, 11) is 0. The quantitative estimate of drug-likeness (QED) is 0.202. The van der Waals surface area contributed by atoms with Crippen LogP contribution in [0.25, 0.3) is 0 Å². The summed E-state index contributed by atoms with van der Waals surface area (Å²) in [5.41, 5.74) is 1.30. The first-order chi connectivity index (χ1) is 13.9. The predicted molar refractivity (Wildman–Crippen MR) is 121 cm³/mol. The van der Waals surface area contributed by atoms with Crippen LogP contribution in [-0.2, 0) is 19.1 Å². The minimum atomic E-state index is -0.257. The van der Waals surface area contributed by atoms with Gasteiger partial charge in [-0.2, -0.15) is 0 Å². The molecule has 0 amide bonds. The number of rotatable bonds is 12. The lowest BCUT2D eigenvalue weighted by Crippen LogP contribution is -2.24. The molecule has 4 nitrogen and oxygen atoms in total. The highest BCUT2D eigenvalue weighted by Crippen LogP contribution is 2.61. The van der Waals surface area contributed by atoms with Gasteiger partial charge in [-0.05, 0) is 79.4 Å². The summed E-state index contributed by atoms with van der Waals surface area (Å²) in [6, 6.07) is 0. The summed E-state index contributed by atoms with van der Waals surface area (Å²) >= 11 is 0. The highest BCUT2D eigenvalue weighted by atomic mass is 16.5. The Kier molecular flexibility index (Phi) is 8.21. The fourth-order valence-corrected chi connectivity index (χ4v) is 4.59.